The van der Waals surface area contributed by atoms with E-state index in [1.165, 1.54) is 31.1 Å². The summed E-state index contributed by atoms with van der Waals surface area (Å²) in [6, 6.07) is -0.451. The average Bonchev–Trinajstić information content (AvgIpc) is 2.40. The van der Waals surface area contributed by atoms with E-state index in [1.54, 1.807) is 7.05 Å². The Kier molecular flexibility index (Phi) is 4.22. The number of carbonyl (C=O) groups excluding carboxylic acids is 3. The van der Waals surface area contributed by atoms with Crippen LogP contribution < -0.4 is 0 Å². The van der Waals surface area contributed by atoms with Gasteiger partial charge in [-0.1, -0.05) is 32.1 Å². The molecular weight excluding hydrogens is 244 g/mol. The SMILES string of the molecule is CC(=O)N1CC(=O)N(C)[C@@H](CC2CCCCC2)C1=O. The van der Waals surface area contributed by atoms with Crippen molar-refractivity contribution >= 4 is 17.7 Å². The van der Waals surface area contributed by atoms with Gasteiger partial charge in [0.05, 0.1) is 0 Å². The minimum atomic E-state index is -0.451. The molecule has 0 radical (unpaired) electrons. The number of rotatable bonds is 2. The van der Waals surface area contributed by atoms with Crippen molar-refractivity contribution in [3.8, 4) is 0 Å². The highest BCUT2D eigenvalue weighted by atomic mass is 16.2. The van der Waals surface area contributed by atoms with E-state index in [0.29, 0.717) is 12.3 Å². The lowest BCUT2D eigenvalue weighted by Crippen LogP contribution is -2.60. The van der Waals surface area contributed by atoms with Crippen LogP contribution >= 0.6 is 0 Å². The molecule has 1 saturated heterocycles. The van der Waals surface area contributed by atoms with Crippen molar-refractivity contribution in [2.45, 2.75) is 51.5 Å². The molecule has 2 rings (SSSR count). The number of piperazine rings is 1. The summed E-state index contributed by atoms with van der Waals surface area (Å²) in [5, 5.41) is 0. The van der Waals surface area contributed by atoms with Gasteiger partial charge in [0.1, 0.15) is 12.6 Å². The fraction of sp³-hybridized carbons (Fsp3) is 0.786. The zero-order valence-electron chi connectivity index (χ0n) is 11.7. The van der Waals surface area contributed by atoms with E-state index in [4.69, 9.17) is 0 Å². The van der Waals surface area contributed by atoms with Crippen LogP contribution in [0.4, 0.5) is 0 Å². The summed E-state index contributed by atoms with van der Waals surface area (Å²) in [5.74, 6) is -0.180. The lowest BCUT2D eigenvalue weighted by atomic mass is 9.84. The topological polar surface area (TPSA) is 57.7 Å². The standard InChI is InChI=1S/C14H22N2O3/c1-10(17)16-9-13(18)15(2)12(14(16)19)8-11-6-4-3-5-7-11/h11-12H,3-9H2,1-2H3/t12-/m0/s1. The maximum atomic E-state index is 12.3. The van der Waals surface area contributed by atoms with Crippen LogP contribution in [0, 0.1) is 5.92 Å². The van der Waals surface area contributed by atoms with Crippen LogP contribution in [0.15, 0.2) is 0 Å². The Balaban J connectivity index is 2.08. The molecule has 0 spiro atoms. The molecule has 3 amide bonds. The second-order valence-electron chi connectivity index (χ2n) is 5.70. The predicted octanol–water partition coefficient (Wildman–Crippen LogP) is 1.17. The Hall–Kier alpha value is -1.39. The summed E-state index contributed by atoms with van der Waals surface area (Å²) in [7, 11) is 1.67. The van der Waals surface area contributed by atoms with Crippen LogP contribution in [-0.4, -0.2) is 47.2 Å². The second-order valence-corrected chi connectivity index (χ2v) is 5.70. The van der Waals surface area contributed by atoms with Crippen molar-refractivity contribution in [2.24, 2.45) is 5.92 Å². The number of hydrogen-bond acceptors (Lipinski definition) is 3. The molecule has 1 heterocycles. The van der Waals surface area contributed by atoms with E-state index in [0.717, 1.165) is 17.7 Å². The van der Waals surface area contributed by atoms with Crippen LogP contribution in [0.5, 0.6) is 0 Å². The molecule has 19 heavy (non-hydrogen) atoms. The number of likely N-dealkylation sites (N-methyl/N-ethyl adjacent to an activating group) is 1. The first-order valence-corrected chi connectivity index (χ1v) is 7.08. The van der Waals surface area contributed by atoms with Gasteiger partial charge >= 0.3 is 0 Å². The van der Waals surface area contributed by atoms with Crippen molar-refractivity contribution < 1.29 is 14.4 Å². The van der Waals surface area contributed by atoms with Gasteiger partial charge in [-0.3, -0.25) is 19.3 Å². The van der Waals surface area contributed by atoms with Crippen molar-refractivity contribution in [1.29, 1.82) is 0 Å². The van der Waals surface area contributed by atoms with Gasteiger partial charge in [-0.25, -0.2) is 0 Å². The lowest BCUT2D eigenvalue weighted by Gasteiger charge is -2.38. The monoisotopic (exact) mass is 266 g/mol. The molecule has 5 nitrogen and oxygen atoms in total. The molecular formula is C14H22N2O3. The van der Waals surface area contributed by atoms with Gasteiger partial charge in [0.25, 0.3) is 5.91 Å². The van der Waals surface area contributed by atoms with Crippen molar-refractivity contribution in [2.75, 3.05) is 13.6 Å². The van der Waals surface area contributed by atoms with E-state index < -0.39 is 6.04 Å². The van der Waals surface area contributed by atoms with Crippen molar-refractivity contribution in [3.05, 3.63) is 0 Å². The fourth-order valence-electron chi connectivity index (χ4n) is 3.11. The van der Waals surface area contributed by atoms with E-state index in [1.807, 2.05) is 0 Å². The van der Waals surface area contributed by atoms with Crippen LogP contribution in [0.1, 0.15) is 45.4 Å². The van der Waals surface area contributed by atoms with Gasteiger partial charge in [-0.15, -0.1) is 0 Å². The molecule has 1 atom stereocenters. The molecule has 0 bridgehead atoms. The second kappa shape index (κ2) is 5.72. The summed E-state index contributed by atoms with van der Waals surface area (Å²) in [6.45, 7) is 1.24. The average molecular weight is 266 g/mol. The maximum Gasteiger partial charge on any atom is 0.252 e. The molecule has 0 aromatic heterocycles. The van der Waals surface area contributed by atoms with Crippen LogP contribution in [0.3, 0.4) is 0 Å². The molecule has 5 heteroatoms. The minimum absolute atomic E-state index is 0.105. The van der Waals surface area contributed by atoms with Crippen LogP contribution in [0.25, 0.3) is 0 Å². The highest BCUT2D eigenvalue weighted by Gasteiger charge is 2.40. The third kappa shape index (κ3) is 2.96. The summed E-state index contributed by atoms with van der Waals surface area (Å²) in [5.41, 5.74) is 0. The van der Waals surface area contributed by atoms with Gasteiger partial charge in [0.15, 0.2) is 0 Å². The predicted molar refractivity (Wildman–Crippen MR) is 70.1 cm³/mol. The van der Waals surface area contributed by atoms with Crippen molar-refractivity contribution in [3.63, 3.8) is 0 Å². The highest BCUT2D eigenvalue weighted by molar-refractivity contribution is 6.04. The number of imide groups is 1. The Morgan fingerprint density at radius 3 is 2.42 bits per heavy atom. The van der Waals surface area contributed by atoms with Gasteiger partial charge in [-0.2, -0.15) is 0 Å². The zero-order chi connectivity index (χ0) is 14.0. The van der Waals surface area contributed by atoms with E-state index >= 15 is 0 Å². The Morgan fingerprint density at radius 2 is 1.84 bits per heavy atom. The van der Waals surface area contributed by atoms with Gasteiger partial charge in [-0.05, 0) is 12.3 Å². The minimum Gasteiger partial charge on any atom is -0.332 e. The molecule has 2 fully saturated rings. The molecule has 0 unspecified atom stereocenters. The quantitative estimate of drug-likeness (QED) is 0.754. The Bertz CT molecular complexity index is 388. The van der Waals surface area contributed by atoms with E-state index in [2.05, 4.69) is 0 Å². The number of hydrogen-bond donors (Lipinski definition) is 0. The maximum absolute atomic E-state index is 12.3. The molecule has 106 valence electrons. The normalized spacial score (nSPS) is 25.9. The summed E-state index contributed by atoms with van der Waals surface area (Å²) >= 11 is 0. The first kappa shape index (κ1) is 14.0. The Morgan fingerprint density at radius 1 is 1.21 bits per heavy atom. The molecule has 1 saturated carbocycles. The molecule has 0 aromatic rings. The summed E-state index contributed by atoms with van der Waals surface area (Å²) < 4.78 is 0. The third-order valence-corrected chi connectivity index (χ3v) is 4.37. The summed E-state index contributed by atoms with van der Waals surface area (Å²) in [6.07, 6.45) is 6.64. The number of carbonyl (C=O) groups is 3. The van der Waals surface area contributed by atoms with Crippen LogP contribution in [-0.2, 0) is 14.4 Å². The molecule has 1 aliphatic carbocycles. The van der Waals surface area contributed by atoms with Gasteiger partial charge in [0, 0.05) is 14.0 Å². The van der Waals surface area contributed by atoms with Gasteiger partial charge in [0.2, 0.25) is 11.8 Å². The summed E-state index contributed by atoms with van der Waals surface area (Å²) in [4.78, 5) is 38.2. The molecule has 0 aromatic carbocycles. The van der Waals surface area contributed by atoms with E-state index in [-0.39, 0.29) is 24.3 Å². The largest absolute Gasteiger partial charge is 0.332 e. The number of nitrogens with zero attached hydrogens (tertiary/aromatic N) is 2. The number of amides is 3. The molecule has 1 aliphatic heterocycles. The molecule has 0 N–H and O–H groups in total. The van der Waals surface area contributed by atoms with Crippen LogP contribution in [0.2, 0.25) is 0 Å². The zero-order valence-corrected chi connectivity index (χ0v) is 11.7. The van der Waals surface area contributed by atoms with Gasteiger partial charge < -0.3 is 4.90 Å². The lowest BCUT2D eigenvalue weighted by molar-refractivity contribution is -0.160. The highest BCUT2D eigenvalue weighted by Crippen LogP contribution is 2.29. The fourth-order valence-corrected chi connectivity index (χ4v) is 3.11. The first-order valence-electron chi connectivity index (χ1n) is 7.08. The smallest absolute Gasteiger partial charge is 0.252 e. The van der Waals surface area contributed by atoms with E-state index in [9.17, 15) is 14.4 Å². The third-order valence-electron chi connectivity index (χ3n) is 4.37. The van der Waals surface area contributed by atoms with Crippen molar-refractivity contribution in [1.82, 2.24) is 9.80 Å². The molecule has 2 aliphatic rings. The first-order chi connectivity index (χ1) is 9.00. The Labute approximate surface area is 113 Å².